The molecule has 1 rings (SSSR count). The Balaban J connectivity index is 2.71. The Kier molecular flexibility index (Phi) is 4.70. The van der Waals surface area contributed by atoms with Gasteiger partial charge in [-0.1, -0.05) is 39.8 Å². The zero-order valence-corrected chi connectivity index (χ0v) is 11.6. The summed E-state index contributed by atoms with van der Waals surface area (Å²) in [5, 5.41) is 3.42. The van der Waals surface area contributed by atoms with Crippen molar-refractivity contribution in [3.05, 3.63) is 35.1 Å². The minimum absolute atomic E-state index is 0.0837. The lowest BCUT2D eigenvalue weighted by Crippen LogP contribution is -2.29. The Hall–Kier alpha value is -0.890. The Bertz CT molecular complexity index is 369. The third-order valence-electron chi connectivity index (χ3n) is 3.24. The van der Waals surface area contributed by atoms with Crippen molar-refractivity contribution >= 4 is 0 Å². The number of hydrogen-bond donors (Lipinski definition) is 1. The van der Waals surface area contributed by atoms with Crippen molar-refractivity contribution in [1.82, 2.24) is 5.32 Å². The van der Waals surface area contributed by atoms with Crippen LogP contribution in [0.2, 0.25) is 0 Å². The van der Waals surface area contributed by atoms with E-state index in [1.807, 2.05) is 19.1 Å². The molecule has 0 aliphatic heterocycles. The third kappa shape index (κ3) is 4.12. The number of aryl methyl sites for hydroxylation is 1. The molecule has 2 heteroatoms. The summed E-state index contributed by atoms with van der Waals surface area (Å²) in [4.78, 5) is 0. The second-order valence-corrected chi connectivity index (χ2v) is 5.71. The Morgan fingerprint density at radius 1 is 1.29 bits per heavy atom. The summed E-state index contributed by atoms with van der Waals surface area (Å²) in [5.41, 5.74) is 2.02. The Morgan fingerprint density at radius 2 is 1.94 bits per heavy atom. The lowest BCUT2D eigenvalue weighted by molar-refractivity contribution is 0.440. The summed E-state index contributed by atoms with van der Waals surface area (Å²) < 4.78 is 13.2. The molecule has 0 bridgehead atoms. The first-order valence-electron chi connectivity index (χ1n) is 6.33. The van der Waals surface area contributed by atoms with Gasteiger partial charge in [-0.3, -0.25) is 0 Å². The van der Waals surface area contributed by atoms with Gasteiger partial charge in [0.1, 0.15) is 5.82 Å². The summed E-state index contributed by atoms with van der Waals surface area (Å²) in [5.74, 6) is -0.121. The van der Waals surface area contributed by atoms with E-state index in [9.17, 15) is 4.39 Å². The molecule has 0 amide bonds. The van der Waals surface area contributed by atoms with Gasteiger partial charge in [-0.2, -0.15) is 0 Å². The average molecular weight is 237 g/mol. The molecule has 0 radical (unpaired) electrons. The van der Waals surface area contributed by atoms with Gasteiger partial charge in [-0.05, 0) is 42.5 Å². The van der Waals surface area contributed by atoms with Gasteiger partial charge in [0.2, 0.25) is 0 Å². The average Bonchev–Trinajstić information content (AvgIpc) is 2.21. The largest absolute Gasteiger partial charge is 0.315 e. The van der Waals surface area contributed by atoms with Crippen LogP contribution in [0.1, 0.15) is 45.2 Å². The molecule has 1 nitrogen and oxygen atoms in total. The van der Waals surface area contributed by atoms with Crippen LogP contribution in [0, 0.1) is 12.7 Å². The molecule has 96 valence electrons. The molecule has 0 saturated carbocycles. The maximum absolute atomic E-state index is 13.2. The molecule has 0 atom stereocenters. The molecular formula is C15H24FN. The Labute approximate surface area is 104 Å². The smallest absolute Gasteiger partial charge is 0.126 e. The van der Waals surface area contributed by atoms with E-state index in [-0.39, 0.29) is 11.2 Å². The fourth-order valence-electron chi connectivity index (χ4n) is 1.88. The van der Waals surface area contributed by atoms with E-state index in [4.69, 9.17) is 0 Å². The van der Waals surface area contributed by atoms with Crippen molar-refractivity contribution < 1.29 is 4.39 Å². The van der Waals surface area contributed by atoms with Crippen LogP contribution in [0.3, 0.4) is 0 Å². The van der Waals surface area contributed by atoms with Gasteiger partial charge in [0.25, 0.3) is 0 Å². The Morgan fingerprint density at radius 3 is 2.47 bits per heavy atom. The summed E-state index contributed by atoms with van der Waals surface area (Å²) in [6.45, 7) is 11.5. The highest BCUT2D eigenvalue weighted by molar-refractivity contribution is 5.29. The van der Waals surface area contributed by atoms with Crippen molar-refractivity contribution in [3.8, 4) is 0 Å². The van der Waals surface area contributed by atoms with Crippen LogP contribution in [0.25, 0.3) is 0 Å². The van der Waals surface area contributed by atoms with Gasteiger partial charge in [-0.15, -0.1) is 0 Å². The fraction of sp³-hybridized carbons (Fsp3) is 0.600. The van der Waals surface area contributed by atoms with Crippen LogP contribution in [-0.4, -0.2) is 12.6 Å². The van der Waals surface area contributed by atoms with Gasteiger partial charge in [0.05, 0.1) is 0 Å². The van der Waals surface area contributed by atoms with Crippen LogP contribution in [0.15, 0.2) is 18.2 Å². The molecule has 0 saturated heterocycles. The minimum Gasteiger partial charge on any atom is -0.315 e. The molecule has 17 heavy (non-hydrogen) atoms. The highest BCUT2D eigenvalue weighted by Crippen LogP contribution is 2.27. The van der Waals surface area contributed by atoms with E-state index in [0.29, 0.717) is 6.04 Å². The molecule has 0 aliphatic rings. The predicted octanol–water partition coefficient (Wildman–Crippen LogP) is 3.80. The maximum atomic E-state index is 13.2. The van der Waals surface area contributed by atoms with Crippen molar-refractivity contribution in [1.29, 1.82) is 0 Å². The number of hydrogen-bond acceptors (Lipinski definition) is 1. The zero-order chi connectivity index (χ0) is 13.1. The highest BCUT2D eigenvalue weighted by Gasteiger charge is 2.20. The monoisotopic (exact) mass is 237 g/mol. The van der Waals surface area contributed by atoms with E-state index in [0.717, 1.165) is 18.5 Å². The first-order chi connectivity index (χ1) is 7.83. The summed E-state index contributed by atoms with van der Waals surface area (Å²) in [6.07, 6.45) is 1.05. The highest BCUT2D eigenvalue weighted by atomic mass is 19.1. The van der Waals surface area contributed by atoms with Gasteiger partial charge >= 0.3 is 0 Å². The van der Waals surface area contributed by atoms with Crippen molar-refractivity contribution in [2.45, 2.75) is 52.5 Å². The first-order valence-corrected chi connectivity index (χ1v) is 6.33. The molecule has 0 heterocycles. The van der Waals surface area contributed by atoms with Crippen molar-refractivity contribution in [2.24, 2.45) is 0 Å². The van der Waals surface area contributed by atoms with E-state index >= 15 is 0 Å². The molecular weight excluding hydrogens is 213 g/mol. The number of halogens is 1. The second-order valence-electron chi connectivity index (χ2n) is 5.71. The van der Waals surface area contributed by atoms with Crippen LogP contribution in [0.5, 0.6) is 0 Å². The summed E-state index contributed by atoms with van der Waals surface area (Å²) >= 11 is 0. The normalized spacial score (nSPS) is 12.2. The SMILES string of the molecule is Cc1cc(C(C)(C)CCNC(C)C)ccc1F. The molecule has 1 aromatic carbocycles. The number of nitrogens with one attached hydrogen (secondary N) is 1. The van der Waals surface area contributed by atoms with Crippen molar-refractivity contribution in [2.75, 3.05) is 6.54 Å². The summed E-state index contributed by atoms with van der Waals surface area (Å²) in [6, 6.07) is 5.95. The topological polar surface area (TPSA) is 12.0 Å². The number of rotatable bonds is 5. The van der Waals surface area contributed by atoms with Gasteiger partial charge in [0, 0.05) is 6.04 Å². The predicted molar refractivity (Wildman–Crippen MR) is 71.9 cm³/mol. The quantitative estimate of drug-likeness (QED) is 0.821. The van der Waals surface area contributed by atoms with Gasteiger partial charge in [0.15, 0.2) is 0 Å². The zero-order valence-electron chi connectivity index (χ0n) is 11.6. The van der Waals surface area contributed by atoms with E-state index in [1.54, 1.807) is 6.07 Å². The molecule has 0 unspecified atom stereocenters. The van der Waals surface area contributed by atoms with Crippen LogP contribution in [-0.2, 0) is 5.41 Å². The molecule has 0 aliphatic carbocycles. The molecule has 0 fully saturated rings. The first kappa shape index (κ1) is 14.2. The second kappa shape index (κ2) is 5.63. The fourth-order valence-corrected chi connectivity index (χ4v) is 1.88. The van der Waals surface area contributed by atoms with Crippen LogP contribution >= 0.6 is 0 Å². The van der Waals surface area contributed by atoms with E-state index < -0.39 is 0 Å². The molecule has 1 aromatic rings. The standard InChI is InChI=1S/C15H24FN/c1-11(2)17-9-8-15(4,5)13-6-7-14(16)12(3)10-13/h6-7,10-11,17H,8-9H2,1-5H3. The molecule has 1 N–H and O–H groups in total. The summed E-state index contributed by atoms with van der Waals surface area (Å²) in [7, 11) is 0. The lowest BCUT2D eigenvalue weighted by Gasteiger charge is -2.26. The maximum Gasteiger partial charge on any atom is 0.126 e. The third-order valence-corrected chi connectivity index (χ3v) is 3.24. The van der Waals surface area contributed by atoms with E-state index in [2.05, 4.69) is 33.0 Å². The van der Waals surface area contributed by atoms with Crippen LogP contribution < -0.4 is 5.32 Å². The lowest BCUT2D eigenvalue weighted by atomic mass is 9.81. The number of benzene rings is 1. The van der Waals surface area contributed by atoms with Crippen molar-refractivity contribution in [3.63, 3.8) is 0 Å². The molecule has 0 spiro atoms. The minimum atomic E-state index is -0.121. The van der Waals surface area contributed by atoms with Gasteiger partial charge < -0.3 is 5.32 Å². The van der Waals surface area contributed by atoms with E-state index in [1.165, 1.54) is 5.56 Å². The van der Waals surface area contributed by atoms with Gasteiger partial charge in [-0.25, -0.2) is 4.39 Å². The van der Waals surface area contributed by atoms with Crippen LogP contribution in [0.4, 0.5) is 4.39 Å². The molecule has 0 aromatic heterocycles.